The Balaban J connectivity index is 1.90. The van der Waals surface area contributed by atoms with E-state index in [1.165, 1.54) is 10.5 Å². The highest BCUT2D eigenvalue weighted by Gasteiger charge is 2.16. The van der Waals surface area contributed by atoms with Crippen LogP contribution in [0.5, 0.6) is 0 Å². The van der Waals surface area contributed by atoms with Crippen molar-refractivity contribution in [3.63, 3.8) is 0 Å². The molecule has 0 aliphatic carbocycles. The molecule has 1 heterocycles. The molecule has 22 heavy (non-hydrogen) atoms. The van der Waals surface area contributed by atoms with Crippen LogP contribution in [0.2, 0.25) is 5.15 Å². The number of aryl methyl sites for hydroxylation is 2. The van der Waals surface area contributed by atoms with E-state index in [2.05, 4.69) is 48.4 Å². The lowest BCUT2D eigenvalue weighted by Crippen LogP contribution is -1.89. The predicted octanol–water partition coefficient (Wildman–Crippen LogP) is 5.34. The summed E-state index contributed by atoms with van der Waals surface area (Å²) < 4.78 is 1.75. The summed E-state index contributed by atoms with van der Waals surface area (Å²) in [5.41, 5.74) is 4.42. The molecule has 0 aliphatic rings. The molecule has 0 spiro atoms. The molecule has 0 saturated carbocycles. The third-order valence-corrected chi connectivity index (χ3v) is 4.98. The average Bonchev–Trinajstić information content (AvgIpc) is 2.82. The maximum absolute atomic E-state index is 6.45. The molecule has 0 N–H and O–H groups in total. The van der Waals surface area contributed by atoms with Crippen LogP contribution in [0, 0.1) is 6.92 Å². The molecule has 2 aromatic carbocycles. The number of halogens is 1. The van der Waals surface area contributed by atoms with Crippen molar-refractivity contribution in [2.45, 2.75) is 17.6 Å². The number of nitrogens with zero attached hydrogens (tertiary/aromatic N) is 2. The Morgan fingerprint density at radius 1 is 1.09 bits per heavy atom. The van der Waals surface area contributed by atoms with Gasteiger partial charge in [-0.25, -0.2) is 0 Å². The van der Waals surface area contributed by atoms with Crippen molar-refractivity contribution in [2.24, 2.45) is 7.05 Å². The van der Waals surface area contributed by atoms with Crippen LogP contribution in [0.3, 0.4) is 0 Å². The van der Waals surface area contributed by atoms with Gasteiger partial charge in [0.1, 0.15) is 5.15 Å². The summed E-state index contributed by atoms with van der Waals surface area (Å²) in [5.74, 6) is 0.806. The van der Waals surface area contributed by atoms with Gasteiger partial charge in [-0.05, 0) is 19.1 Å². The number of thioether (sulfide) groups is 1. The fourth-order valence-electron chi connectivity index (χ4n) is 2.36. The van der Waals surface area contributed by atoms with E-state index in [0.717, 1.165) is 22.6 Å². The largest absolute Gasteiger partial charge is 0.256 e. The maximum atomic E-state index is 6.45. The van der Waals surface area contributed by atoms with Crippen molar-refractivity contribution in [2.75, 3.05) is 0 Å². The van der Waals surface area contributed by atoms with E-state index < -0.39 is 0 Å². The summed E-state index contributed by atoms with van der Waals surface area (Å²) in [6, 6.07) is 18.7. The lowest BCUT2D eigenvalue weighted by molar-refractivity contribution is 0.771. The second-order valence-electron chi connectivity index (χ2n) is 5.21. The highest BCUT2D eigenvalue weighted by atomic mass is 35.5. The number of aromatic nitrogens is 2. The Hall–Kier alpha value is -1.71. The average molecular weight is 329 g/mol. The minimum Gasteiger partial charge on any atom is -0.256 e. The van der Waals surface area contributed by atoms with E-state index in [1.54, 1.807) is 16.4 Å². The van der Waals surface area contributed by atoms with Gasteiger partial charge in [-0.1, -0.05) is 59.6 Å². The van der Waals surface area contributed by atoms with Crippen molar-refractivity contribution in [1.29, 1.82) is 0 Å². The molecule has 2 nitrogen and oxygen atoms in total. The molecule has 0 saturated heterocycles. The number of hydrogen-bond donors (Lipinski definition) is 0. The van der Waals surface area contributed by atoms with Gasteiger partial charge < -0.3 is 0 Å². The Morgan fingerprint density at radius 3 is 2.59 bits per heavy atom. The van der Waals surface area contributed by atoms with Crippen LogP contribution < -0.4 is 0 Å². The van der Waals surface area contributed by atoms with E-state index in [4.69, 9.17) is 11.6 Å². The van der Waals surface area contributed by atoms with E-state index in [-0.39, 0.29) is 0 Å². The van der Waals surface area contributed by atoms with Gasteiger partial charge >= 0.3 is 0 Å². The van der Waals surface area contributed by atoms with Crippen LogP contribution in [0.25, 0.3) is 11.3 Å². The zero-order valence-corrected chi connectivity index (χ0v) is 14.2. The minimum absolute atomic E-state index is 0.707. The first kappa shape index (κ1) is 15.2. The van der Waals surface area contributed by atoms with Crippen LogP contribution in [-0.2, 0) is 12.8 Å². The Bertz CT molecular complexity index is 781. The summed E-state index contributed by atoms with van der Waals surface area (Å²) in [7, 11) is 1.88. The van der Waals surface area contributed by atoms with Gasteiger partial charge in [0.25, 0.3) is 0 Å². The van der Waals surface area contributed by atoms with Gasteiger partial charge in [-0.15, -0.1) is 11.8 Å². The SMILES string of the molecule is Cc1cccc(SCc2c(-c3ccccc3)nn(C)c2Cl)c1. The molecule has 0 fully saturated rings. The first-order valence-electron chi connectivity index (χ1n) is 7.11. The maximum Gasteiger partial charge on any atom is 0.131 e. The minimum atomic E-state index is 0.707. The van der Waals surface area contributed by atoms with E-state index in [1.807, 2.05) is 25.2 Å². The summed E-state index contributed by atoms with van der Waals surface area (Å²) in [6.07, 6.45) is 0. The van der Waals surface area contributed by atoms with Gasteiger partial charge in [0.15, 0.2) is 0 Å². The van der Waals surface area contributed by atoms with Crippen LogP contribution >= 0.6 is 23.4 Å². The summed E-state index contributed by atoms with van der Waals surface area (Å²) in [4.78, 5) is 1.25. The molecule has 3 aromatic rings. The highest BCUT2D eigenvalue weighted by molar-refractivity contribution is 7.98. The predicted molar refractivity (Wildman–Crippen MR) is 94.4 cm³/mol. The van der Waals surface area contributed by atoms with E-state index in [9.17, 15) is 0 Å². The van der Waals surface area contributed by atoms with Crippen LogP contribution in [0.4, 0.5) is 0 Å². The molecule has 3 rings (SSSR count). The number of rotatable bonds is 4. The van der Waals surface area contributed by atoms with Crippen LogP contribution in [0.1, 0.15) is 11.1 Å². The molecule has 0 amide bonds. The molecule has 0 bridgehead atoms. The van der Waals surface area contributed by atoms with Gasteiger partial charge in [0.2, 0.25) is 0 Å². The number of benzene rings is 2. The molecule has 112 valence electrons. The summed E-state index contributed by atoms with van der Waals surface area (Å²) in [5, 5.41) is 5.29. The molecule has 0 radical (unpaired) electrons. The molecular weight excluding hydrogens is 312 g/mol. The van der Waals surface area contributed by atoms with Crippen molar-refractivity contribution in [3.8, 4) is 11.3 Å². The van der Waals surface area contributed by atoms with Gasteiger partial charge in [-0.2, -0.15) is 5.10 Å². The van der Waals surface area contributed by atoms with Crippen LogP contribution in [0.15, 0.2) is 59.5 Å². The van der Waals surface area contributed by atoms with Crippen molar-refractivity contribution < 1.29 is 0 Å². The van der Waals surface area contributed by atoms with E-state index in [0.29, 0.717) is 5.15 Å². The lowest BCUT2D eigenvalue weighted by Gasteiger charge is -2.05. The van der Waals surface area contributed by atoms with Gasteiger partial charge in [0.05, 0.1) is 5.69 Å². The highest BCUT2D eigenvalue weighted by Crippen LogP contribution is 2.33. The molecule has 4 heteroatoms. The first-order valence-corrected chi connectivity index (χ1v) is 8.48. The Labute approximate surface area is 140 Å². The first-order chi connectivity index (χ1) is 10.6. The fraction of sp³-hybridized carbons (Fsp3) is 0.167. The van der Waals surface area contributed by atoms with Crippen molar-refractivity contribution in [3.05, 3.63) is 70.9 Å². The lowest BCUT2D eigenvalue weighted by atomic mass is 10.1. The van der Waals surface area contributed by atoms with Crippen LogP contribution in [-0.4, -0.2) is 9.78 Å². The normalized spacial score (nSPS) is 10.9. The third kappa shape index (κ3) is 3.21. The summed E-state index contributed by atoms with van der Waals surface area (Å²) in [6.45, 7) is 2.11. The van der Waals surface area contributed by atoms with Crippen molar-refractivity contribution >= 4 is 23.4 Å². The van der Waals surface area contributed by atoms with Gasteiger partial charge in [-0.3, -0.25) is 4.68 Å². The molecule has 1 aromatic heterocycles. The molecule has 0 unspecified atom stereocenters. The fourth-order valence-corrected chi connectivity index (χ4v) is 3.67. The molecular formula is C18H17ClN2S. The number of hydrogen-bond acceptors (Lipinski definition) is 2. The Morgan fingerprint density at radius 2 is 1.86 bits per heavy atom. The third-order valence-electron chi connectivity index (χ3n) is 3.49. The standard InChI is InChI=1S/C18H17ClN2S/c1-13-7-6-10-15(11-13)22-12-16-17(20-21(2)18(16)19)14-8-4-3-5-9-14/h3-11H,12H2,1-2H3. The van der Waals surface area contributed by atoms with Crippen molar-refractivity contribution in [1.82, 2.24) is 9.78 Å². The summed E-state index contributed by atoms with van der Waals surface area (Å²) >= 11 is 8.23. The van der Waals surface area contributed by atoms with Gasteiger partial charge in [0, 0.05) is 28.8 Å². The second-order valence-corrected chi connectivity index (χ2v) is 6.62. The quantitative estimate of drug-likeness (QED) is 0.601. The monoisotopic (exact) mass is 328 g/mol. The van der Waals surface area contributed by atoms with E-state index >= 15 is 0 Å². The Kier molecular flexibility index (Phi) is 4.55. The smallest absolute Gasteiger partial charge is 0.131 e. The molecule has 0 atom stereocenters. The topological polar surface area (TPSA) is 17.8 Å². The zero-order valence-electron chi connectivity index (χ0n) is 12.6. The zero-order chi connectivity index (χ0) is 15.5. The molecule has 0 aliphatic heterocycles. The second kappa shape index (κ2) is 6.59.